The molecule has 0 N–H and O–H groups in total. The lowest BCUT2D eigenvalue weighted by Gasteiger charge is -2.26. The van der Waals surface area contributed by atoms with Crippen LogP contribution in [0.2, 0.25) is 0 Å². The molecule has 0 bridgehead atoms. The molecule has 0 heterocycles. The van der Waals surface area contributed by atoms with Gasteiger partial charge in [0.15, 0.2) is 12.4 Å². The summed E-state index contributed by atoms with van der Waals surface area (Å²) in [6.07, 6.45) is 63.7. The van der Waals surface area contributed by atoms with E-state index in [9.17, 15) is 19.5 Å². The molecule has 0 saturated heterocycles. The van der Waals surface area contributed by atoms with E-state index in [2.05, 4.69) is 50.3 Å². The third kappa shape index (κ3) is 54.9. The molecule has 0 amide bonds. The van der Waals surface area contributed by atoms with Crippen LogP contribution < -0.4 is 5.11 Å². The number of carboxylic acid groups (broad SMARTS) is 1. The maximum Gasteiger partial charge on any atom is 0.306 e. The number of carboxylic acids is 1. The average molecular weight is 1000 g/mol. The van der Waals surface area contributed by atoms with Crippen molar-refractivity contribution in [3.05, 3.63) is 48.6 Å². The van der Waals surface area contributed by atoms with Crippen LogP contribution in [0.4, 0.5) is 0 Å². The van der Waals surface area contributed by atoms with Gasteiger partial charge >= 0.3 is 11.9 Å². The maximum absolute atomic E-state index is 12.7. The first kappa shape index (κ1) is 68.2. The number of hydrogen-bond donors (Lipinski definition) is 0. The summed E-state index contributed by atoms with van der Waals surface area (Å²) in [6, 6.07) is 0. The Morgan fingerprint density at radius 2 is 0.803 bits per heavy atom. The average Bonchev–Trinajstić information content (AvgIpc) is 3.34. The lowest BCUT2D eigenvalue weighted by molar-refractivity contribution is -0.870. The van der Waals surface area contributed by atoms with Crippen LogP contribution in [0.15, 0.2) is 48.6 Å². The van der Waals surface area contributed by atoms with Gasteiger partial charge in [-0.2, -0.15) is 0 Å². The molecule has 2 atom stereocenters. The minimum absolute atomic E-state index is 0.127. The quantitative estimate of drug-likeness (QED) is 0.0195. The van der Waals surface area contributed by atoms with E-state index in [4.69, 9.17) is 18.9 Å². The fourth-order valence-electron chi connectivity index (χ4n) is 8.55. The van der Waals surface area contributed by atoms with Crippen LogP contribution in [0, 0.1) is 0 Å². The van der Waals surface area contributed by atoms with Crippen molar-refractivity contribution in [3.8, 4) is 0 Å². The second-order valence-electron chi connectivity index (χ2n) is 21.3. The minimum atomic E-state index is -1.64. The van der Waals surface area contributed by atoms with E-state index in [-0.39, 0.29) is 38.6 Å². The van der Waals surface area contributed by atoms with E-state index in [0.717, 1.165) is 44.9 Å². The van der Waals surface area contributed by atoms with Gasteiger partial charge in [0.25, 0.3) is 0 Å². The largest absolute Gasteiger partial charge is 0.545 e. The van der Waals surface area contributed by atoms with Crippen LogP contribution >= 0.6 is 0 Å². The number of carbonyl (C=O) groups excluding carboxylic acids is 3. The molecular formula is C62H113NO8. The summed E-state index contributed by atoms with van der Waals surface area (Å²) in [5, 5.41) is 11.7. The predicted octanol–water partition coefficient (Wildman–Crippen LogP) is 16.1. The van der Waals surface area contributed by atoms with E-state index in [0.29, 0.717) is 17.4 Å². The van der Waals surface area contributed by atoms with Crippen LogP contribution in [-0.4, -0.2) is 82.3 Å². The number of carbonyl (C=O) groups is 3. The highest BCUT2D eigenvalue weighted by Gasteiger charge is 2.21. The Morgan fingerprint density at radius 3 is 1.17 bits per heavy atom. The number of aliphatic carboxylic acids is 1. The van der Waals surface area contributed by atoms with Gasteiger partial charge < -0.3 is 33.3 Å². The number of likely N-dealkylation sites (N-methyl/N-ethyl adjacent to an activating group) is 1. The van der Waals surface area contributed by atoms with Crippen molar-refractivity contribution in [2.24, 2.45) is 0 Å². The molecule has 0 spiro atoms. The molecule has 2 unspecified atom stereocenters. The Labute approximate surface area is 438 Å². The second-order valence-corrected chi connectivity index (χ2v) is 21.3. The maximum atomic E-state index is 12.7. The predicted molar refractivity (Wildman–Crippen MR) is 297 cm³/mol. The summed E-state index contributed by atoms with van der Waals surface area (Å²) >= 11 is 0. The summed E-state index contributed by atoms with van der Waals surface area (Å²) in [4.78, 5) is 37.1. The Bertz CT molecular complexity index is 1300. The molecule has 0 aliphatic rings. The molecule has 9 nitrogen and oxygen atoms in total. The number of quaternary nitrogens is 1. The minimum Gasteiger partial charge on any atom is -0.545 e. The first-order valence-electron chi connectivity index (χ1n) is 29.8. The van der Waals surface area contributed by atoms with E-state index < -0.39 is 24.3 Å². The standard InChI is InChI=1S/C62H113NO8/c1-6-8-10-12-14-16-18-20-21-22-23-24-25-26-27-28-29-30-31-32-33-34-35-36-37-38-39-41-42-44-46-48-50-52-59(64)69-56-58(57-70-62(61(66)67)68-55-54-63(3,4)5)71-60(65)53-51-49-47-45-43-40-19-17-15-13-11-9-7-2/h9,11,15,17,40,43,47,49,58,62H,6-8,10,12-14,16,18-39,41-42,44-46,48,50-57H2,1-5H3/b11-9-,17-15-,43-40-,49-47-. The molecule has 71 heavy (non-hydrogen) atoms. The fraction of sp³-hybridized carbons (Fsp3) is 0.823. The van der Waals surface area contributed by atoms with Crippen molar-refractivity contribution in [2.45, 2.75) is 283 Å². The van der Waals surface area contributed by atoms with Crippen molar-refractivity contribution in [1.82, 2.24) is 0 Å². The monoisotopic (exact) mass is 1000 g/mol. The summed E-state index contributed by atoms with van der Waals surface area (Å²) in [7, 11) is 5.90. The zero-order valence-electron chi connectivity index (χ0n) is 47.1. The molecule has 0 aliphatic carbocycles. The summed E-state index contributed by atoms with van der Waals surface area (Å²) in [6.45, 7) is 4.57. The van der Waals surface area contributed by atoms with Gasteiger partial charge in [0.2, 0.25) is 0 Å². The van der Waals surface area contributed by atoms with Gasteiger partial charge in [-0.15, -0.1) is 0 Å². The lowest BCUT2D eigenvalue weighted by atomic mass is 10.0. The third-order valence-electron chi connectivity index (χ3n) is 13.1. The Morgan fingerprint density at radius 1 is 0.437 bits per heavy atom. The highest BCUT2D eigenvalue weighted by molar-refractivity contribution is 5.70. The first-order chi connectivity index (χ1) is 34.6. The number of rotatable bonds is 55. The highest BCUT2D eigenvalue weighted by atomic mass is 16.7. The van der Waals surface area contributed by atoms with Crippen LogP contribution in [0.1, 0.15) is 271 Å². The van der Waals surface area contributed by atoms with Crippen molar-refractivity contribution in [3.63, 3.8) is 0 Å². The van der Waals surface area contributed by atoms with Gasteiger partial charge in [-0.05, 0) is 38.5 Å². The lowest BCUT2D eigenvalue weighted by Crippen LogP contribution is -2.44. The van der Waals surface area contributed by atoms with Gasteiger partial charge in [-0.3, -0.25) is 9.59 Å². The van der Waals surface area contributed by atoms with Crippen LogP contribution in [0.5, 0.6) is 0 Å². The number of unbranched alkanes of at least 4 members (excludes halogenated alkanes) is 32. The van der Waals surface area contributed by atoms with Crippen molar-refractivity contribution in [1.29, 1.82) is 0 Å². The number of hydrogen-bond acceptors (Lipinski definition) is 8. The molecule has 0 aromatic carbocycles. The molecular weight excluding hydrogens is 887 g/mol. The highest BCUT2D eigenvalue weighted by Crippen LogP contribution is 2.18. The normalized spacial score (nSPS) is 13.1. The summed E-state index contributed by atoms with van der Waals surface area (Å²) in [5.41, 5.74) is 0. The van der Waals surface area contributed by atoms with E-state index in [1.165, 1.54) is 193 Å². The van der Waals surface area contributed by atoms with Crippen LogP contribution in [0.25, 0.3) is 0 Å². The molecule has 0 rings (SSSR count). The zero-order chi connectivity index (χ0) is 52.0. The Kier molecular flexibility index (Phi) is 51.5. The number of ether oxygens (including phenoxy) is 4. The molecule has 0 aromatic heterocycles. The van der Waals surface area contributed by atoms with Crippen molar-refractivity contribution >= 4 is 17.9 Å². The molecule has 0 fully saturated rings. The van der Waals surface area contributed by atoms with Gasteiger partial charge in [-0.1, -0.05) is 268 Å². The topological polar surface area (TPSA) is 111 Å². The summed E-state index contributed by atoms with van der Waals surface area (Å²) < 4.78 is 22.5. The molecule has 0 radical (unpaired) electrons. The number of esters is 2. The van der Waals surface area contributed by atoms with E-state index in [1.54, 1.807) is 0 Å². The fourth-order valence-corrected chi connectivity index (χ4v) is 8.55. The molecule has 0 aromatic rings. The van der Waals surface area contributed by atoms with Gasteiger partial charge in [0.05, 0.1) is 40.3 Å². The molecule has 0 aliphatic heterocycles. The van der Waals surface area contributed by atoms with E-state index in [1.807, 2.05) is 33.3 Å². The summed E-state index contributed by atoms with van der Waals surface area (Å²) in [5.74, 6) is -2.38. The molecule has 414 valence electrons. The van der Waals surface area contributed by atoms with Crippen LogP contribution in [-0.2, 0) is 33.3 Å². The van der Waals surface area contributed by atoms with E-state index >= 15 is 0 Å². The second kappa shape index (κ2) is 53.5. The Hall–Kier alpha value is -2.75. The third-order valence-corrected chi connectivity index (χ3v) is 13.1. The molecule has 9 heteroatoms. The van der Waals surface area contributed by atoms with Gasteiger partial charge in [0, 0.05) is 12.8 Å². The van der Waals surface area contributed by atoms with Crippen molar-refractivity contribution < 1.29 is 42.9 Å². The van der Waals surface area contributed by atoms with Gasteiger partial charge in [0.1, 0.15) is 13.2 Å². The first-order valence-corrected chi connectivity index (χ1v) is 29.8. The SMILES string of the molecule is CC/C=C\C/C=C\C/C=C\C/C=C\CCC(=O)OC(COC(=O)CCCCCCCCCCCCCCCCCCCCCCCCCCCCCCCCCCC)COC(OCC[N+](C)(C)C)C(=O)[O-]. The van der Waals surface area contributed by atoms with Gasteiger partial charge in [-0.25, -0.2) is 0 Å². The zero-order valence-corrected chi connectivity index (χ0v) is 47.1. The number of allylic oxidation sites excluding steroid dienone is 8. The smallest absolute Gasteiger partial charge is 0.306 e. The van der Waals surface area contributed by atoms with Crippen molar-refractivity contribution in [2.75, 3.05) is 47.5 Å². The Balaban J connectivity index is 4.03. The molecule has 0 saturated carbocycles. The number of nitrogens with zero attached hydrogens (tertiary/aromatic N) is 1. The van der Waals surface area contributed by atoms with Crippen LogP contribution in [0.3, 0.4) is 0 Å².